The van der Waals surface area contributed by atoms with Gasteiger partial charge in [0.05, 0.1) is 18.0 Å². The molecule has 1 heterocycles. The van der Waals surface area contributed by atoms with Crippen LogP contribution >= 0.6 is 11.3 Å². The first-order valence-corrected chi connectivity index (χ1v) is 14.5. The fraction of sp³-hybridized carbons (Fsp3) is 0.393. The van der Waals surface area contributed by atoms with Crippen molar-refractivity contribution in [3.63, 3.8) is 0 Å². The Morgan fingerprint density at radius 3 is 2.19 bits per heavy atom. The van der Waals surface area contributed by atoms with Gasteiger partial charge in [0.2, 0.25) is 15.9 Å². The first kappa shape index (κ1) is 29.0. The quantitative estimate of drug-likeness (QED) is 0.286. The van der Waals surface area contributed by atoms with Crippen molar-refractivity contribution in [1.82, 2.24) is 9.21 Å². The molecule has 0 aliphatic carbocycles. The van der Waals surface area contributed by atoms with Crippen molar-refractivity contribution in [2.75, 3.05) is 26.8 Å². The first-order valence-electron chi connectivity index (χ1n) is 12.1. The summed E-state index contributed by atoms with van der Waals surface area (Å²) in [5.74, 6) is -0.671. The molecule has 37 heavy (non-hydrogen) atoms. The SMILES string of the molecule is COCCCN(CC(=O)N(Cc1ccc(F)cc1)Cc1sccc1C)S(=O)(=O)c1c(C)cc(C)cc1C. The summed E-state index contributed by atoms with van der Waals surface area (Å²) in [5.41, 5.74) is 4.12. The number of halogens is 1. The third-order valence-electron chi connectivity index (χ3n) is 6.21. The van der Waals surface area contributed by atoms with Crippen LogP contribution in [0.2, 0.25) is 0 Å². The number of ether oxygens (including phenoxy) is 1. The Kier molecular flexibility index (Phi) is 10.0. The van der Waals surface area contributed by atoms with Gasteiger partial charge in [-0.1, -0.05) is 29.8 Å². The van der Waals surface area contributed by atoms with Crippen molar-refractivity contribution in [2.45, 2.75) is 52.1 Å². The van der Waals surface area contributed by atoms with Crippen molar-refractivity contribution in [1.29, 1.82) is 0 Å². The molecule has 0 bridgehead atoms. The standard InChI is InChI=1S/C28H35FN2O4S2/c1-20-15-22(3)28(23(4)16-20)37(33,34)31(12-6-13-35-5)19-27(32)30(18-26-21(2)11-14-36-26)17-24-7-9-25(29)10-8-24/h7-11,14-16H,6,12-13,17-19H2,1-5H3. The van der Waals surface area contributed by atoms with Gasteiger partial charge in [-0.2, -0.15) is 4.31 Å². The minimum absolute atomic E-state index is 0.150. The molecule has 0 atom stereocenters. The average molecular weight is 547 g/mol. The molecule has 3 aromatic rings. The van der Waals surface area contributed by atoms with Crippen LogP contribution in [0, 0.1) is 33.5 Å². The van der Waals surface area contributed by atoms with Crippen LogP contribution in [0.1, 0.15) is 39.1 Å². The highest BCUT2D eigenvalue weighted by Crippen LogP contribution is 2.26. The molecule has 0 aliphatic rings. The molecule has 1 aromatic heterocycles. The van der Waals surface area contributed by atoms with Gasteiger partial charge in [-0.05, 0) is 79.9 Å². The van der Waals surface area contributed by atoms with E-state index in [0.717, 1.165) is 21.6 Å². The molecule has 0 saturated heterocycles. The van der Waals surface area contributed by atoms with Gasteiger partial charge in [-0.3, -0.25) is 4.79 Å². The maximum absolute atomic E-state index is 13.9. The van der Waals surface area contributed by atoms with Crippen LogP contribution in [0.4, 0.5) is 4.39 Å². The van der Waals surface area contributed by atoms with E-state index in [4.69, 9.17) is 4.74 Å². The minimum Gasteiger partial charge on any atom is -0.385 e. The summed E-state index contributed by atoms with van der Waals surface area (Å²) in [6.07, 6.45) is 0.453. The number of hydrogen-bond acceptors (Lipinski definition) is 5. The van der Waals surface area contributed by atoms with E-state index >= 15 is 0 Å². The van der Waals surface area contributed by atoms with E-state index in [2.05, 4.69) is 0 Å². The lowest BCUT2D eigenvalue weighted by Crippen LogP contribution is -2.43. The van der Waals surface area contributed by atoms with Crippen molar-refractivity contribution >= 4 is 27.3 Å². The number of benzene rings is 2. The second-order valence-electron chi connectivity index (χ2n) is 9.32. The molecule has 6 nitrogen and oxygen atoms in total. The van der Waals surface area contributed by atoms with Gasteiger partial charge in [0.15, 0.2) is 0 Å². The van der Waals surface area contributed by atoms with Crippen LogP contribution in [0.3, 0.4) is 0 Å². The van der Waals surface area contributed by atoms with Crippen LogP contribution in [0.15, 0.2) is 52.7 Å². The number of carbonyl (C=O) groups is 1. The van der Waals surface area contributed by atoms with E-state index in [0.29, 0.717) is 30.7 Å². The minimum atomic E-state index is -3.95. The second kappa shape index (κ2) is 12.8. The molecule has 0 spiro atoms. The van der Waals surface area contributed by atoms with E-state index in [1.165, 1.54) is 16.4 Å². The maximum atomic E-state index is 13.9. The number of hydrogen-bond donors (Lipinski definition) is 0. The largest absolute Gasteiger partial charge is 0.385 e. The summed E-state index contributed by atoms with van der Waals surface area (Å²) < 4.78 is 47.7. The van der Waals surface area contributed by atoms with Gasteiger partial charge < -0.3 is 9.64 Å². The van der Waals surface area contributed by atoms with Crippen LogP contribution < -0.4 is 0 Å². The molecule has 9 heteroatoms. The van der Waals surface area contributed by atoms with E-state index in [1.807, 2.05) is 37.4 Å². The normalized spacial score (nSPS) is 11.8. The molecule has 3 rings (SSSR count). The lowest BCUT2D eigenvalue weighted by atomic mass is 10.1. The zero-order chi connectivity index (χ0) is 27.2. The van der Waals surface area contributed by atoms with Crippen LogP contribution in [0.5, 0.6) is 0 Å². The van der Waals surface area contributed by atoms with E-state index < -0.39 is 10.0 Å². The second-order valence-corrected chi connectivity index (χ2v) is 12.2. The third kappa shape index (κ3) is 7.47. The van der Waals surface area contributed by atoms with Gasteiger partial charge in [0, 0.05) is 31.7 Å². The maximum Gasteiger partial charge on any atom is 0.244 e. The molecule has 0 radical (unpaired) electrons. The Balaban J connectivity index is 1.94. The highest BCUT2D eigenvalue weighted by molar-refractivity contribution is 7.89. The van der Waals surface area contributed by atoms with E-state index in [-0.39, 0.29) is 36.3 Å². The van der Waals surface area contributed by atoms with Crippen molar-refractivity contribution in [2.24, 2.45) is 0 Å². The molecule has 2 aromatic carbocycles. The number of sulfonamides is 1. The Hall–Kier alpha value is -2.59. The van der Waals surface area contributed by atoms with Crippen LogP contribution in [-0.4, -0.2) is 50.3 Å². The fourth-order valence-electron chi connectivity index (χ4n) is 4.40. The summed E-state index contributed by atoms with van der Waals surface area (Å²) in [5, 5.41) is 1.97. The molecule has 0 N–H and O–H groups in total. The summed E-state index contributed by atoms with van der Waals surface area (Å²) in [7, 11) is -2.39. The number of carbonyl (C=O) groups excluding carboxylic acids is 1. The monoisotopic (exact) mass is 546 g/mol. The van der Waals surface area contributed by atoms with Crippen molar-refractivity contribution in [3.05, 3.63) is 86.4 Å². The van der Waals surface area contributed by atoms with Gasteiger partial charge in [0.25, 0.3) is 0 Å². The van der Waals surface area contributed by atoms with Crippen LogP contribution in [0.25, 0.3) is 0 Å². The van der Waals surface area contributed by atoms with Crippen molar-refractivity contribution < 1.29 is 22.3 Å². The number of aryl methyl sites for hydroxylation is 4. The average Bonchev–Trinajstić information content (AvgIpc) is 3.22. The fourth-order valence-corrected chi connectivity index (χ4v) is 7.17. The lowest BCUT2D eigenvalue weighted by Gasteiger charge is -2.28. The lowest BCUT2D eigenvalue weighted by molar-refractivity contribution is -0.132. The zero-order valence-electron chi connectivity index (χ0n) is 22.1. The number of rotatable bonds is 12. The predicted molar refractivity (Wildman–Crippen MR) is 146 cm³/mol. The van der Waals surface area contributed by atoms with E-state index in [1.54, 1.807) is 49.3 Å². The van der Waals surface area contributed by atoms with Gasteiger partial charge in [-0.25, -0.2) is 12.8 Å². The van der Waals surface area contributed by atoms with Crippen LogP contribution in [-0.2, 0) is 32.6 Å². The molecule has 0 unspecified atom stereocenters. The number of thiophene rings is 1. The highest BCUT2D eigenvalue weighted by Gasteiger charge is 2.31. The Bertz CT molecular complexity index is 1300. The predicted octanol–water partition coefficient (Wildman–Crippen LogP) is 5.38. The topological polar surface area (TPSA) is 66.9 Å². The molecule has 0 aliphatic heterocycles. The molecule has 200 valence electrons. The molecule has 0 fully saturated rings. The molecular formula is C28H35FN2O4S2. The summed E-state index contributed by atoms with van der Waals surface area (Å²) in [6.45, 7) is 8.28. The Morgan fingerprint density at radius 1 is 0.973 bits per heavy atom. The number of amides is 1. The number of nitrogens with zero attached hydrogens (tertiary/aromatic N) is 2. The van der Waals surface area contributed by atoms with E-state index in [9.17, 15) is 17.6 Å². The Labute approximate surface area is 223 Å². The smallest absolute Gasteiger partial charge is 0.244 e. The summed E-state index contributed by atoms with van der Waals surface area (Å²) in [6, 6.07) is 11.7. The summed E-state index contributed by atoms with van der Waals surface area (Å²) >= 11 is 1.55. The zero-order valence-corrected chi connectivity index (χ0v) is 23.7. The van der Waals surface area contributed by atoms with Gasteiger partial charge in [0.1, 0.15) is 5.82 Å². The third-order valence-corrected chi connectivity index (χ3v) is 9.37. The van der Waals surface area contributed by atoms with Gasteiger partial charge in [-0.15, -0.1) is 11.3 Å². The highest BCUT2D eigenvalue weighted by atomic mass is 32.2. The molecule has 0 saturated carbocycles. The molecule has 1 amide bonds. The van der Waals surface area contributed by atoms with Crippen molar-refractivity contribution in [3.8, 4) is 0 Å². The first-order chi connectivity index (χ1) is 17.5. The number of methoxy groups -OCH3 is 1. The summed E-state index contributed by atoms with van der Waals surface area (Å²) in [4.78, 5) is 16.6. The Morgan fingerprint density at radius 2 is 1.62 bits per heavy atom. The van der Waals surface area contributed by atoms with Gasteiger partial charge >= 0.3 is 0 Å². The molecular weight excluding hydrogens is 511 g/mol.